The number of carbonyl (C=O) groups is 5. The number of ether oxygens (including phenoxy) is 2. The number of likely N-dealkylation sites (tertiary alicyclic amines) is 1. The van der Waals surface area contributed by atoms with E-state index in [2.05, 4.69) is 17.0 Å². The summed E-state index contributed by atoms with van der Waals surface area (Å²) < 4.78 is 79.5. The van der Waals surface area contributed by atoms with Crippen molar-refractivity contribution >= 4 is 46.6 Å². The summed E-state index contributed by atoms with van der Waals surface area (Å²) in [4.78, 5) is 70.4. The Morgan fingerprint density at radius 1 is 1.02 bits per heavy atom. The van der Waals surface area contributed by atoms with Gasteiger partial charge < -0.3 is 19.7 Å². The number of hydrogen-bond donors (Lipinski definition) is 2. The predicted octanol–water partition coefficient (Wildman–Crippen LogP) is 5.29. The Morgan fingerprint density at radius 3 is 2.47 bits per heavy atom. The molecule has 2 heterocycles. The molecule has 308 valence electrons. The van der Waals surface area contributed by atoms with Gasteiger partial charge in [0.1, 0.15) is 46.1 Å². The third-order valence-corrected chi connectivity index (χ3v) is 11.1. The lowest BCUT2D eigenvalue weighted by molar-refractivity contribution is -0.139. The van der Waals surface area contributed by atoms with E-state index in [4.69, 9.17) is 9.47 Å². The Hall–Kier alpha value is -5.26. The summed E-state index contributed by atoms with van der Waals surface area (Å²) in [7, 11) is -4.60. The molecule has 0 radical (unpaired) electrons. The molecular weight excluding hydrogens is 772 g/mol. The van der Waals surface area contributed by atoms with E-state index in [1.165, 1.54) is 15.9 Å². The number of hydrogen-bond acceptors (Lipinski definition) is 9. The van der Waals surface area contributed by atoms with Gasteiger partial charge in [-0.3, -0.25) is 19.3 Å². The van der Waals surface area contributed by atoms with Crippen molar-refractivity contribution in [1.82, 2.24) is 19.8 Å². The number of nitrogens with zero attached hydrogens (tertiary/aromatic N) is 3. The molecule has 0 aromatic heterocycles. The Morgan fingerprint density at radius 2 is 1.77 bits per heavy atom. The van der Waals surface area contributed by atoms with Crippen molar-refractivity contribution in [3.63, 3.8) is 0 Å². The molecule has 2 N–H and O–H groups in total. The van der Waals surface area contributed by atoms with Crippen molar-refractivity contribution < 1.29 is 55.0 Å². The second kappa shape index (κ2) is 17.9. The highest BCUT2D eigenvalue weighted by Crippen LogP contribution is 2.40. The van der Waals surface area contributed by atoms with Gasteiger partial charge in [0, 0.05) is 24.4 Å². The zero-order chi connectivity index (χ0) is 41.7. The number of unbranched alkanes of at least 4 members (excludes halogenated alkanes) is 3. The van der Waals surface area contributed by atoms with Gasteiger partial charge in [0.25, 0.3) is 15.9 Å². The summed E-state index contributed by atoms with van der Waals surface area (Å²) in [6.45, 7) is 8.30. The number of allylic oxidation sites excluding steroid dienone is 2. The van der Waals surface area contributed by atoms with Gasteiger partial charge in [-0.1, -0.05) is 37.1 Å². The Kier molecular flexibility index (Phi) is 13.5. The molecule has 1 unspecified atom stereocenters. The Labute approximate surface area is 328 Å². The number of carbonyl (C=O) groups excluding carboxylic acids is 5. The van der Waals surface area contributed by atoms with Crippen molar-refractivity contribution in [2.75, 3.05) is 6.54 Å². The number of rotatable bonds is 14. The molecule has 1 aliphatic carbocycles. The largest absolute Gasteiger partial charge is 0.444 e. The summed E-state index contributed by atoms with van der Waals surface area (Å²) in [6, 6.07) is 4.30. The minimum Gasteiger partial charge on any atom is -0.444 e. The van der Waals surface area contributed by atoms with Crippen molar-refractivity contribution in [3.05, 3.63) is 77.1 Å². The molecule has 2 aromatic carbocycles. The number of benzene rings is 2. The average molecular weight is 818 g/mol. The molecule has 14 nitrogen and oxygen atoms in total. The maximum atomic E-state index is 14.3. The normalized spacial score (nSPS) is 20.8. The summed E-state index contributed by atoms with van der Waals surface area (Å²) in [5.41, 5.74) is 0.181. The lowest BCUT2D eigenvalue weighted by atomic mass is 10.0. The molecule has 0 spiro atoms. The van der Waals surface area contributed by atoms with Crippen LogP contribution in [0.3, 0.4) is 0 Å². The van der Waals surface area contributed by atoms with Crippen LogP contribution in [-0.2, 0) is 47.0 Å². The van der Waals surface area contributed by atoms with Crippen LogP contribution in [0.2, 0.25) is 0 Å². The molecule has 2 aromatic rings. The topological polar surface area (TPSA) is 181 Å². The first-order valence-corrected chi connectivity index (χ1v) is 20.1. The van der Waals surface area contributed by atoms with Crippen LogP contribution in [0.4, 0.5) is 22.8 Å². The molecule has 1 saturated heterocycles. The van der Waals surface area contributed by atoms with Crippen molar-refractivity contribution in [2.45, 2.75) is 107 Å². The maximum Gasteiger partial charge on any atom is 0.410 e. The third kappa shape index (κ3) is 11.2. The molecule has 2 fully saturated rings. The fraction of sp³-hybridized carbons (Fsp3) is 0.487. The lowest BCUT2D eigenvalue weighted by Crippen LogP contribution is -2.52. The van der Waals surface area contributed by atoms with E-state index in [0.29, 0.717) is 55.4 Å². The lowest BCUT2D eigenvalue weighted by Gasteiger charge is -2.28. The first kappa shape index (κ1) is 42.9. The van der Waals surface area contributed by atoms with Gasteiger partial charge in [-0.15, -0.1) is 0 Å². The molecule has 2 aliphatic heterocycles. The van der Waals surface area contributed by atoms with Crippen LogP contribution in [-0.4, -0.2) is 85.2 Å². The van der Waals surface area contributed by atoms with Crippen molar-refractivity contribution in [2.24, 2.45) is 16.8 Å². The first-order valence-electron chi connectivity index (χ1n) is 18.6. The van der Waals surface area contributed by atoms with Crippen LogP contribution in [0.15, 0.2) is 58.4 Å². The number of sulfonamides is 1. The number of amides is 5. The quantitative estimate of drug-likeness (QED) is 0.145. The van der Waals surface area contributed by atoms with Crippen LogP contribution >= 0.6 is 0 Å². The maximum absolute atomic E-state index is 14.3. The van der Waals surface area contributed by atoms with Crippen LogP contribution < -0.4 is 10.0 Å². The molecule has 0 bridgehead atoms. The molecular formula is C39H46F3N5O9S. The molecule has 3 aliphatic rings. The van der Waals surface area contributed by atoms with Gasteiger partial charge in [0.05, 0.1) is 13.1 Å². The third-order valence-electron chi connectivity index (χ3n) is 9.77. The number of halogens is 3. The zero-order valence-corrected chi connectivity index (χ0v) is 32.7. The predicted molar refractivity (Wildman–Crippen MR) is 199 cm³/mol. The van der Waals surface area contributed by atoms with E-state index in [0.717, 1.165) is 6.07 Å². The van der Waals surface area contributed by atoms with Gasteiger partial charge in [-0.2, -0.15) is 0 Å². The SMILES string of the molecule is C=NC(=O)[C@@H]1C[C@@H](OC(=O)N2Cc3cccc(F)c3C2)CN1C(=O)[C@H](CCCCC/C=C\C1C[C@@H]1C(=O)NS(=O)(=O)c1cc(F)ccc1F)NC(=O)OC(C)(C)C. The number of nitrogens with one attached hydrogen (secondary N) is 2. The Bertz CT molecular complexity index is 2040. The standard InChI is InChI=1S/C39H46F3N5O9S/c1-39(2,3)56-37(51)44-31(14-9-7-5-6-8-11-23-17-27(23)34(48)45-57(53,54)33-18-25(40)15-16-30(33)42)36(50)47-21-26(19-32(47)35(49)43-4)55-38(52)46-20-24-12-10-13-29(41)28(24)22-46/h8,10-13,15-16,18,23,26-27,31-32H,4-7,9,14,17,19-22H2,1-3H3,(H,44,51)(H,45,48)/b11-8-/t23?,26-,27+,31+,32+/m1/s1. The molecule has 57 heavy (non-hydrogen) atoms. The molecule has 5 atom stereocenters. The van der Waals surface area contributed by atoms with Crippen molar-refractivity contribution in [3.8, 4) is 0 Å². The van der Waals surface area contributed by atoms with Gasteiger partial charge in [-0.05, 0) is 88.9 Å². The van der Waals surface area contributed by atoms with E-state index in [-0.39, 0.29) is 38.4 Å². The van der Waals surface area contributed by atoms with Crippen LogP contribution in [0.25, 0.3) is 0 Å². The molecule has 5 amide bonds. The molecule has 5 rings (SSSR count). The highest BCUT2D eigenvalue weighted by atomic mass is 32.2. The Balaban J connectivity index is 1.13. The minimum atomic E-state index is -4.60. The summed E-state index contributed by atoms with van der Waals surface area (Å²) in [6.07, 6.45) is 4.02. The second-order valence-electron chi connectivity index (χ2n) is 15.3. The van der Waals surface area contributed by atoms with Gasteiger partial charge in [-0.25, -0.2) is 40.9 Å². The van der Waals surface area contributed by atoms with E-state index >= 15 is 0 Å². The first-order chi connectivity index (χ1) is 26.9. The van der Waals surface area contributed by atoms with Crippen LogP contribution in [0.1, 0.15) is 76.8 Å². The summed E-state index contributed by atoms with van der Waals surface area (Å²) in [5, 5.41) is 2.62. The van der Waals surface area contributed by atoms with E-state index < -0.39 is 92.0 Å². The number of alkyl carbamates (subject to hydrolysis) is 1. The minimum absolute atomic E-state index is 0.0116. The fourth-order valence-corrected chi connectivity index (χ4v) is 7.95. The zero-order valence-electron chi connectivity index (χ0n) is 31.8. The number of fused-ring (bicyclic) bond motifs is 1. The van der Waals surface area contributed by atoms with E-state index in [1.807, 2.05) is 10.8 Å². The number of aliphatic imine (C=N–C) groups is 1. The highest BCUT2D eigenvalue weighted by molar-refractivity contribution is 7.90. The average Bonchev–Trinajstić information content (AvgIpc) is 3.57. The summed E-state index contributed by atoms with van der Waals surface area (Å²) in [5.74, 6) is -5.57. The van der Waals surface area contributed by atoms with Crippen LogP contribution in [0.5, 0.6) is 0 Å². The van der Waals surface area contributed by atoms with E-state index in [1.54, 1.807) is 39.0 Å². The van der Waals surface area contributed by atoms with Gasteiger partial charge in [0.15, 0.2) is 0 Å². The second-order valence-corrected chi connectivity index (χ2v) is 16.9. The van der Waals surface area contributed by atoms with Gasteiger partial charge >= 0.3 is 12.2 Å². The highest BCUT2D eigenvalue weighted by Gasteiger charge is 2.45. The summed E-state index contributed by atoms with van der Waals surface area (Å²) >= 11 is 0. The monoisotopic (exact) mass is 817 g/mol. The molecule has 18 heteroatoms. The van der Waals surface area contributed by atoms with Crippen LogP contribution in [0, 0.1) is 29.3 Å². The fourth-order valence-electron chi connectivity index (χ4n) is 6.83. The molecule has 1 saturated carbocycles. The smallest absolute Gasteiger partial charge is 0.410 e. The van der Waals surface area contributed by atoms with Gasteiger partial charge in [0.2, 0.25) is 11.8 Å². The van der Waals surface area contributed by atoms with E-state index in [9.17, 15) is 45.6 Å². The van der Waals surface area contributed by atoms with Crippen molar-refractivity contribution in [1.29, 1.82) is 0 Å².